The highest BCUT2D eigenvalue weighted by Gasteiger charge is 2.12. The predicted octanol–water partition coefficient (Wildman–Crippen LogP) is -1.09. The van der Waals surface area contributed by atoms with E-state index in [9.17, 15) is 8.42 Å². The summed E-state index contributed by atoms with van der Waals surface area (Å²) >= 11 is 0. The van der Waals surface area contributed by atoms with Crippen molar-refractivity contribution in [2.45, 2.75) is 12.5 Å². The van der Waals surface area contributed by atoms with Crippen LogP contribution >= 0.6 is 0 Å². The minimum atomic E-state index is -3.04. The Morgan fingerprint density at radius 3 is 2.92 bits per heavy atom. The zero-order valence-corrected chi connectivity index (χ0v) is 8.56. The molecule has 0 radical (unpaired) electrons. The number of hydrogen-bond acceptors (Lipinski definition) is 4. The fourth-order valence-corrected chi connectivity index (χ4v) is 1.71. The van der Waals surface area contributed by atoms with Crippen molar-refractivity contribution in [2.24, 2.45) is 0 Å². The van der Waals surface area contributed by atoms with Crippen LogP contribution < -0.4 is 10.0 Å². The lowest BCUT2D eigenvalue weighted by Gasteiger charge is -2.23. The fraction of sp³-hybridized carbons (Fsp3) is 1.00. The number of sulfonamides is 1. The molecule has 6 heteroatoms. The number of nitrogens with one attached hydrogen (secondary N) is 2. The first kappa shape index (κ1) is 10.9. The molecule has 0 aromatic rings. The van der Waals surface area contributed by atoms with E-state index in [1.165, 1.54) is 0 Å². The Morgan fingerprint density at radius 1 is 1.62 bits per heavy atom. The highest BCUT2D eigenvalue weighted by Crippen LogP contribution is 1.97. The van der Waals surface area contributed by atoms with Crippen LogP contribution in [-0.2, 0) is 14.8 Å². The molecule has 0 amide bonds. The molecule has 1 saturated heterocycles. The summed E-state index contributed by atoms with van der Waals surface area (Å²) in [4.78, 5) is 0. The maximum atomic E-state index is 10.7. The van der Waals surface area contributed by atoms with Crippen LogP contribution in [0.25, 0.3) is 0 Å². The molecule has 1 unspecified atom stereocenters. The first-order chi connectivity index (χ1) is 6.08. The van der Waals surface area contributed by atoms with Gasteiger partial charge in [-0.1, -0.05) is 0 Å². The van der Waals surface area contributed by atoms with Gasteiger partial charge in [0.05, 0.1) is 19.5 Å². The first-order valence-electron chi connectivity index (χ1n) is 4.34. The van der Waals surface area contributed by atoms with E-state index < -0.39 is 10.0 Å². The smallest absolute Gasteiger partial charge is 0.208 e. The van der Waals surface area contributed by atoms with Gasteiger partial charge < -0.3 is 10.1 Å². The fourth-order valence-electron chi connectivity index (χ4n) is 1.22. The lowest BCUT2D eigenvalue weighted by Crippen LogP contribution is -2.43. The van der Waals surface area contributed by atoms with Crippen LogP contribution in [0.15, 0.2) is 0 Å². The Balaban J connectivity index is 2.11. The minimum Gasteiger partial charge on any atom is -0.379 e. The predicted molar refractivity (Wildman–Crippen MR) is 50.1 cm³/mol. The van der Waals surface area contributed by atoms with Gasteiger partial charge in [-0.3, -0.25) is 0 Å². The third kappa shape index (κ3) is 5.20. The summed E-state index contributed by atoms with van der Waals surface area (Å²) in [5.74, 6) is 0. The van der Waals surface area contributed by atoms with Crippen LogP contribution in [0.5, 0.6) is 0 Å². The molecule has 1 aliphatic rings. The molecule has 0 aliphatic carbocycles. The van der Waals surface area contributed by atoms with E-state index >= 15 is 0 Å². The van der Waals surface area contributed by atoms with Crippen molar-refractivity contribution in [1.29, 1.82) is 0 Å². The maximum Gasteiger partial charge on any atom is 0.208 e. The molecule has 1 fully saturated rings. The average molecular weight is 208 g/mol. The molecule has 1 aliphatic heterocycles. The average Bonchev–Trinajstić information content (AvgIpc) is 2.04. The molecule has 0 aromatic carbocycles. The van der Waals surface area contributed by atoms with Gasteiger partial charge in [-0.2, -0.15) is 0 Å². The van der Waals surface area contributed by atoms with Gasteiger partial charge in [0.15, 0.2) is 0 Å². The molecular weight excluding hydrogens is 192 g/mol. The molecule has 13 heavy (non-hydrogen) atoms. The Labute approximate surface area is 78.9 Å². The number of rotatable bonds is 4. The van der Waals surface area contributed by atoms with Gasteiger partial charge in [0.25, 0.3) is 0 Å². The topological polar surface area (TPSA) is 67.4 Å². The third-order valence-corrected chi connectivity index (χ3v) is 2.58. The van der Waals surface area contributed by atoms with E-state index in [-0.39, 0.29) is 6.04 Å². The number of hydrogen-bond donors (Lipinski definition) is 2. The molecule has 5 nitrogen and oxygen atoms in total. The zero-order chi connectivity index (χ0) is 9.73. The van der Waals surface area contributed by atoms with Gasteiger partial charge in [0, 0.05) is 19.1 Å². The van der Waals surface area contributed by atoms with Crippen molar-refractivity contribution in [3.63, 3.8) is 0 Å². The molecule has 1 rings (SSSR count). The minimum absolute atomic E-state index is 0.281. The summed E-state index contributed by atoms with van der Waals surface area (Å²) in [5.41, 5.74) is 0. The van der Waals surface area contributed by atoms with Crippen molar-refractivity contribution < 1.29 is 13.2 Å². The molecule has 2 N–H and O–H groups in total. The molecule has 0 bridgehead atoms. The van der Waals surface area contributed by atoms with Crippen molar-refractivity contribution in [1.82, 2.24) is 10.0 Å². The normalized spacial score (nSPS) is 24.5. The van der Waals surface area contributed by atoms with Crippen molar-refractivity contribution in [3.05, 3.63) is 0 Å². The highest BCUT2D eigenvalue weighted by molar-refractivity contribution is 7.88. The second-order valence-electron chi connectivity index (χ2n) is 3.18. The van der Waals surface area contributed by atoms with E-state index in [2.05, 4.69) is 10.0 Å². The van der Waals surface area contributed by atoms with Crippen LogP contribution in [0.1, 0.15) is 6.42 Å². The Hall–Kier alpha value is -0.170. The van der Waals surface area contributed by atoms with Gasteiger partial charge >= 0.3 is 0 Å². The van der Waals surface area contributed by atoms with E-state index in [4.69, 9.17) is 4.74 Å². The molecule has 0 saturated carbocycles. The number of morpholine rings is 1. The Kier molecular flexibility index (Phi) is 4.11. The third-order valence-electron chi connectivity index (χ3n) is 1.86. The lowest BCUT2D eigenvalue weighted by molar-refractivity contribution is 0.0747. The monoisotopic (exact) mass is 208 g/mol. The van der Waals surface area contributed by atoms with Gasteiger partial charge in [-0.15, -0.1) is 0 Å². The Bertz CT molecular complexity index is 234. The summed E-state index contributed by atoms with van der Waals surface area (Å²) < 4.78 is 29.1. The van der Waals surface area contributed by atoms with Gasteiger partial charge in [0.2, 0.25) is 10.0 Å². The second kappa shape index (κ2) is 4.90. The second-order valence-corrected chi connectivity index (χ2v) is 5.01. The standard InChI is InChI=1S/C7H16N2O3S/c1-13(10,11)9-3-2-7-6-12-5-4-8-7/h7-9H,2-6H2,1H3. The van der Waals surface area contributed by atoms with Crippen LogP contribution in [0.4, 0.5) is 0 Å². The summed E-state index contributed by atoms with van der Waals surface area (Å²) in [6.07, 6.45) is 1.94. The molecule has 1 atom stereocenters. The van der Waals surface area contributed by atoms with Gasteiger partial charge in [-0.25, -0.2) is 13.1 Å². The van der Waals surface area contributed by atoms with Crippen LogP contribution in [-0.4, -0.2) is 47.0 Å². The number of ether oxygens (including phenoxy) is 1. The molecular formula is C7H16N2O3S. The van der Waals surface area contributed by atoms with Crippen molar-refractivity contribution >= 4 is 10.0 Å². The summed E-state index contributed by atoms with van der Waals surface area (Å²) in [6, 6.07) is 0.281. The molecule has 78 valence electrons. The SMILES string of the molecule is CS(=O)(=O)NCCC1COCCN1. The largest absolute Gasteiger partial charge is 0.379 e. The quantitative estimate of drug-likeness (QED) is 0.616. The molecule has 0 spiro atoms. The zero-order valence-electron chi connectivity index (χ0n) is 7.75. The molecule has 1 heterocycles. The highest BCUT2D eigenvalue weighted by atomic mass is 32.2. The van der Waals surface area contributed by atoms with Gasteiger partial charge in [0.1, 0.15) is 0 Å². The van der Waals surface area contributed by atoms with E-state index in [0.29, 0.717) is 13.2 Å². The van der Waals surface area contributed by atoms with Crippen LogP contribution in [0.3, 0.4) is 0 Å². The van der Waals surface area contributed by atoms with E-state index in [0.717, 1.165) is 25.8 Å². The van der Waals surface area contributed by atoms with Crippen LogP contribution in [0, 0.1) is 0 Å². The van der Waals surface area contributed by atoms with Gasteiger partial charge in [-0.05, 0) is 6.42 Å². The summed E-state index contributed by atoms with van der Waals surface area (Å²) in [6.45, 7) is 2.74. The summed E-state index contributed by atoms with van der Waals surface area (Å²) in [5, 5.41) is 3.25. The van der Waals surface area contributed by atoms with Crippen LogP contribution in [0.2, 0.25) is 0 Å². The van der Waals surface area contributed by atoms with E-state index in [1.807, 2.05) is 0 Å². The lowest BCUT2D eigenvalue weighted by atomic mass is 10.2. The Morgan fingerprint density at radius 2 is 2.38 bits per heavy atom. The summed E-state index contributed by atoms with van der Waals surface area (Å²) in [7, 11) is -3.04. The first-order valence-corrected chi connectivity index (χ1v) is 6.23. The van der Waals surface area contributed by atoms with E-state index in [1.54, 1.807) is 0 Å². The van der Waals surface area contributed by atoms with Crippen molar-refractivity contribution in [2.75, 3.05) is 32.6 Å². The maximum absolute atomic E-state index is 10.7. The molecule has 0 aromatic heterocycles. The van der Waals surface area contributed by atoms with Crippen molar-refractivity contribution in [3.8, 4) is 0 Å².